The van der Waals surface area contributed by atoms with Gasteiger partial charge in [0, 0.05) is 31.5 Å². The summed E-state index contributed by atoms with van der Waals surface area (Å²) < 4.78 is 7.12. The smallest absolute Gasteiger partial charge is 0.0543 e. The monoisotopic (exact) mass is 226 g/mol. The highest BCUT2D eigenvalue weighted by Gasteiger charge is 2.13. The van der Waals surface area contributed by atoms with Crippen molar-refractivity contribution >= 4 is 0 Å². The summed E-state index contributed by atoms with van der Waals surface area (Å²) in [7, 11) is 1.73. The Balaban J connectivity index is 2.53. The van der Waals surface area contributed by atoms with Gasteiger partial charge in [0.05, 0.1) is 12.3 Å². The molecule has 0 aliphatic carbocycles. The van der Waals surface area contributed by atoms with E-state index in [0.717, 1.165) is 24.9 Å². The average Bonchev–Trinajstić information content (AvgIpc) is 2.78. The van der Waals surface area contributed by atoms with E-state index in [-0.39, 0.29) is 12.1 Å². The van der Waals surface area contributed by atoms with Gasteiger partial charge >= 0.3 is 0 Å². The number of nitrogens with one attached hydrogen (secondary N) is 1. The number of hydrogen-bond acceptors (Lipinski definition) is 4. The van der Waals surface area contributed by atoms with Gasteiger partial charge in [-0.2, -0.15) is 5.10 Å². The highest BCUT2D eigenvalue weighted by atomic mass is 16.5. The number of aryl methyl sites for hydroxylation is 1. The van der Waals surface area contributed by atoms with Crippen LogP contribution >= 0.6 is 0 Å². The van der Waals surface area contributed by atoms with Crippen LogP contribution in [-0.4, -0.2) is 23.0 Å². The van der Waals surface area contributed by atoms with Crippen molar-refractivity contribution in [3.8, 4) is 0 Å². The minimum Gasteiger partial charge on any atom is -0.382 e. The standard InChI is InChI=1S/C11H22N4O/c1-4-15-8-10(7-13-15)11(14-12)6-5-9(2)16-3/h7-9,11,14H,4-6,12H2,1-3H3. The van der Waals surface area contributed by atoms with Gasteiger partial charge in [0.25, 0.3) is 0 Å². The molecule has 0 aromatic carbocycles. The molecule has 5 heteroatoms. The molecule has 0 bridgehead atoms. The van der Waals surface area contributed by atoms with E-state index in [9.17, 15) is 0 Å². The maximum absolute atomic E-state index is 5.56. The van der Waals surface area contributed by atoms with Crippen LogP contribution in [0.5, 0.6) is 0 Å². The molecule has 0 saturated carbocycles. The van der Waals surface area contributed by atoms with Crippen molar-refractivity contribution in [3.05, 3.63) is 18.0 Å². The Morgan fingerprint density at radius 3 is 2.81 bits per heavy atom. The third kappa shape index (κ3) is 3.59. The van der Waals surface area contributed by atoms with Crippen molar-refractivity contribution in [1.29, 1.82) is 0 Å². The van der Waals surface area contributed by atoms with Crippen LogP contribution in [-0.2, 0) is 11.3 Å². The van der Waals surface area contributed by atoms with Crippen LogP contribution in [0.15, 0.2) is 12.4 Å². The Hall–Kier alpha value is -0.910. The van der Waals surface area contributed by atoms with Gasteiger partial charge < -0.3 is 4.74 Å². The SMILES string of the molecule is CCn1cc(C(CCC(C)OC)NN)cn1. The van der Waals surface area contributed by atoms with Gasteiger partial charge in [-0.1, -0.05) is 0 Å². The predicted octanol–water partition coefficient (Wildman–Crippen LogP) is 1.22. The summed E-state index contributed by atoms with van der Waals surface area (Å²) in [5.41, 5.74) is 3.96. The maximum atomic E-state index is 5.56. The van der Waals surface area contributed by atoms with Gasteiger partial charge in [0.15, 0.2) is 0 Å². The van der Waals surface area contributed by atoms with Crippen LogP contribution in [0.3, 0.4) is 0 Å². The van der Waals surface area contributed by atoms with Gasteiger partial charge in [-0.3, -0.25) is 16.0 Å². The second kappa shape index (κ2) is 6.62. The summed E-state index contributed by atoms with van der Waals surface area (Å²) in [5.74, 6) is 5.56. The summed E-state index contributed by atoms with van der Waals surface area (Å²) in [6.07, 6.45) is 6.08. The molecule has 1 aromatic rings. The van der Waals surface area contributed by atoms with E-state index in [1.807, 2.05) is 17.1 Å². The first-order valence-corrected chi connectivity index (χ1v) is 5.72. The van der Waals surface area contributed by atoms with Crippen molar-refractivity contribution in [2.75, 3.05) is 7.11 Å². The summed E-state index contributed by atoms with van der Waals surface area (Å²) >= 11 is 0. The number of hydrazine groups is 1. The molecule has 0 fully saturated rings. The van der Waals surface area contributed by atoms with E-state index in [1.165, 1.54) is 0 Å². The zero-order valence-corrected chi connectivity index (χ0v) is 10.3. The fraction of sp³-hybridized carbons (Fsp3) is 0.727. The van der Waals surface area contributed by atoms with Crippen LogP contribution in [0.25, 0.3) is 0 Å². The molecule has 0 spiro atoms. The fourth-order valence-electron chi connectivity index (χ4n) is 1.60. The van der Waals surface area contributed by atoms with E-state index >= 15 is 0 Å². The molecule has 1 heterocycles. The lowest BCUT2D eigenvalue weighted by Crippen LogP contribution is -2.28. The number of nitrogens with zero attached hydrogens (tertiary/aromatic N) is 2. The topological polar surface area (TPSA) is 65.1 Å². The lowest BCUT2D eigenvalue weighted by Gasteiger charge is -2.16. The number of ether oxygens (including phenoxy) is 1. The maximum Gasteiger partial charge on any atom is 0.0543 e. The van der Waals surface area contributed by atoms with Crippen molar-refractivity contribution in [3.63, 3.8) is 0 Å². The summed E-state index contributed by atoms with van der Waals surface area (Å²) in [6, 6.07) is 0.151. The van der Waals surface area contributed by atoms with E-state index in [4.69, 9.17) is 10.6 Å². The Morgan fingerprint density at radius 1 is 1.56 bits per heavy atom. The van der Waals surface area contributed by atoms with Crippen molar-refractivity contribution in [1.82, 2.24) is 15.2 Å². The predicted molar refractivity (Wildman–Crippen MR) is 63.7 cm³/mol. The molecule has 0 radical (unpaired) electrons. The number of nitrogens with two attached hydrogens (primary N) is 1. The number of aromatic nitrogens is 2. The minimum atomic E-state index is 0.151. The first-order valence-electron chi connectivity index (χ1n) is 5.72. The van der Waals surface area contributed by atoms with Crippen LogP contribution in [0.2, 0.25) is 0 Å². The van der Waals surface area contributed by atoms with Crippen LogP contribution < -0.4 is 11.3 Å². The zero-order valence-electron chi connectivity index (χ0n) is 10.3. The second-order valence-corrected chi connectivity index (χ2v) is 3.97. The number of hydrogen-bond donors (Lipinski definition) is 2. The first-order chi connectivity index (χ1) is 7.71. The minimum absolute atomic E-state index is 0.151. The molecule has 92 valence electrons. The highest BCUT2D eigenvalue weighted by Crippen LogP contribution is 2.18. The zero-order chi connectivity index (χ0) is 12.0. The fourth-order valence-corrected chi connectivity index (χ4v) is 1.60. The Bertz CT molecular complexity index is 300. The summed E-state index contributed by atoms with van der Waals surface area (Å²) in [6.45, 7) is 5.00. The Morgan fingerprint density at radius 2 is 2.31 bits per heavy atom. The third-order valence-electron chi connectivity index (χ3n) is 2.85. The van der Waals surface area contributed by atoms with Gasteiger partial charge in [-0.05, 0) is 26.7 Å². The summed E-state index contributed by atoms with van der Waals surface area (Å²) in [5, 5.41) is 4.24. The average molecular weight is 226 g/mol. The molecule has 5 nitrogen and oxygen atoms in total. The van der Waals surface area contributed by atoms with Gasteiger partial charge in [-0.25, -0.2) is 0 Å². The molecule has 0 saturated heterocycles. The van der Waals surface area contributed by atoms with E-state index in [0.29, 0.717) is 0 Å². The van der Waals surface area contributed by atoms with Gasteiger partial charge in [0.1, 0.15) is 0 Å². The Kier molecular flexibility index (Phi) is 5.45. The molecular weight excluding hydrogens is 204 g/mol. The third-order valence-corrected chi connectivity index (χ3v) is 2.85. The van der Waals surface area contributed by atoms with Crippen LogP contribution in [0.1, 0.15) is 38.3 Å². The molecular formula is C11H22N4O. The number of rotatable bonds is 7. The van der Waals surface area contributed by atoms with Gasteiger partial charge in [-0.15, -0.1) is 0 Å². The normalized spacial score (nSPS) is 15.0. The van der Waals surface area contributed by atoms with Crippen molar-refractivity contribution in [2.45, 2.75) is 45.4 Å². The lowest BCUT2D eigenvalue weighted by molar-refractivity contribution is 0.106. The van der Waals surface area contributed by atoms with Crippen LogP contribution in [0.4, 0.5) is 0 Å². The van der Waals surface area contributed by atoms with Crippen molar-refractivity contribution in [2.24, 2.45) is 5.84 Å². The second-order valence-electron chi connectivity index (χ2n) is 3.97. The first kappa shape index (κ1) is 13.2. The van der Waals surface area contributed by atoms with Crippen LogP contribution in [0, 0.1) is 0 Å². The lowest BCUT2D eigenvalue weighted by atomic mass is 10.0. The molecule has 0 amide bonds. The van der Waals surface area contributed by atoms with E-state index < -0.39 is 0 Å². The molecule has 3 N–H and O–H groups in total. The quantitative estimate of drug-likeness (QED) is 0.542. The molecule has 16 heavy (non-hydrogen) atoms. The molecule has 1 aromatic heterocycles. The molecule has 1 rings (SSSR count). The highest BCUT2D eigenvalue weighted by molar-refractivity contribution is 5.09. The Labute approximate surface area is 96.9 Å². The molecule has 0 aliphatic rings. The summed E-state index contributed by atoms with van der Waals surface area (Å²) in [4.78, 5) is 0. The molecule has 2 atom stereocenters. The number of methoxy groups -OCH3 is 1. The van der Waals surface area contributed by atoms with E-state index in [2.05, 4.69) is 24.4 Å². The van der Waals surface area contributed by atoms with E-state index in [1.54, 1.807) is 7.11 Å². The molecule has 2 unspecified atom stereocenters. The molecule has 0 aliphatic heterocycles. The van der Waals surface area contributed by atoms with Gasteiger partial charge in [0.2, 0.25) is 0 Å². The van der Waals surface area contributed by atoms with Crippen molar-refractivity contribution < 1.29 is 4.74 Å². The largest absolute Gasteiger partial charge is 0.382 e.